The van der Waals surface area contributed by atoms with Crippen molar-refractivity contribution in [2.24, 2.45) is 0 Å². The van der Waals surface area contributed by atoms with Crippen LogP contribution in [0.25, 0.3) is 10.9 Å². The van der Waals surface area contributed by atoms with Gasteiger partial charge in [0, 0.05) is 11.1 Å². The van der Waals surface area contributed by atoms with Crippen LogP contribution in [0.15, 0.2) is 36.4 Å². The zero-order valence-corrected chi connectivity index (χ0v) is 14.4. The van der Waals surface area contributed by atoms with E-state index in [1.165, 1.54) is 0 Å². The molecule has 25 heavy (non-hydrogen) atoms. The highest BCUT2D eigenvalue weighted by molar-refractivity contribution is 6.06. The minimum atomic E-state index is -0.381. The number of amides is 2. The number of carbonyl (C=O) groups is 2. The van der Waals surface area contributed by atoms with Gasteiger partial charge in [-0.2, -0.15) is 5.10 Å². The van der Waals surface area contributed by atoms with E-state index in [0.717, 1.165) is 33.3 Å². The van der Waals surface area contributed by atoms with E-state index in [9.17, 15) is 9.59 Å². The summed E-state index contributed by atoms with van der Waals surface area (Å²) in [5.74, 6) is -0.657. The third-order valence-electron chi connectivity index (χ3n) is 4.09. The van der Waals surface area contributed by atoms with E-state index in [1.807, 2.05) is 57.2 Å². The van der Waals surface area contributed by atoms with Crippen molar-refractivity contribution in [1.82, 2.24) is 15.5 Å². The number of fused-ring (bicyclic) bond motifs is 1. The van der Waals surface area contributed by atoms with Crippen molar-refractivity contribution in [3.8, 4) is 0 Å². The van der Waals surface area contributed by atoms with Crippen LogP contribution in [0, 0.1) is 20.8 Å². The molecule has 0 aliphatic carbocycles. The first kappa shape index (κ1) is 16.7. The molecule has 0 saturated heterocycles. The van der Waals surface area contributed by atoms with E-state index in [2.05, 4.69) is 20.8 Å². The predicted octanol–water partition coefficient (Wildman–Crippen LogP) is 2.86. The predicted molar refractivity (Wildman–Crippen MR) is 97.7 cm³/mol. The minimum Gasteiger partial charge on any atom is -0.342 e. The molecule has 6 nitrogen and oxygen atoms in total. The molecule has 3 rings (SSSR count). The number of hydrogen-bond donors (Lipinski definition) is 3. The molecule has 3 N–H and O–H groups in total. The Morgan fingerprint density at radius 3 is 2.52 bits per heavy atom. The fourth-order valence-corrected chi connectivity index (χ4v) is 2.74. The van der Waals surface area contributed by atoms with Crippen LogP contribution in [0.1, 0.15) is 27.2 Å². The molecular weight excluding hydrogens is 316 g/mol. The van der Waals surface area contributed by atoms with Crippen molar-refractivity contribution in [3.63, 3.8) is 0 Å². The van der Waals surface area contributed by atoms with E-state index in [0.29, 0.717) is 5.69 Å². The summed E-state index contributed by atoms with van der Waals surface area (Å²) in [5.41, 5.74) is 4.86. The van der Waals surface area contributed by atoms with Gasteiger partial charge in [0.05, 0.1) is 12.1 Å². The van der Waals surface area contributed by atoms with Gasteiger partial charge in [-0.1, -0.05) is 29.8 Å². The molecule has 128 valence electrons. The molecule has 0 spiro atoms. The first-order valence-corrected chi connectivity index (χ1v) is 8.04. The van der Waals surface area contributed by atoms with Crippen LogP contribution >= 0.6 is 0 Å². The van der Waals surface area contributed by atoms with E-state index >= 15 is 0 Å². The minimum absolute atomic E-state index is 0.118. The second-order valence-electron chi connectivity index (χ2n) is 6.12. The Hall–Kier alpha value is -3.15. The van der Waals surface area contributed by atoms with Gasteiger partial charge in [0.25, 0.3) is 5.91 Å². The zero-order valence-electron chi connectivity index (χ0n) is 14.4. The lowest BCUT2D eigenvalue weighted by atomic mass is 10.1. The van der Waals surface area contributed by atoms with Crippen LogP contribution < -0.4 is 10.6 Å². The van der Waals surface area contributed by atoms with E-state index in [4.69, 9.17) is 0 Å². The maximum absolute atomic E-state index is 12.3. The summed E-state index contributed by atoms with van der Waals surface area (Å²) in [6, 6.07) is 11.5. The number of nitrogens with one attached hydrogen (secondary N) is 3. The van der Waals surface area contributed by atoms with Crippen molar-refractivity contribution in [2.75, 3.05) is 11.9 Å². The summed E-state index contributed by atoms with van der Waals surface area (Å²) in [6.45, 7) is 5.69. The van der Waals surface area contributed by atoms with Crippen LogP contribution in [-0.2, 0) is 4.79 Å². The lowest BCUT2D eigenvalue weighted by molar-refractivity contribution is -0.115. The molecule has 1 heterocycles. The van der Waals surface area contributed by atoms with Crippen LogP contribution in [0.4, 0.5) is 5.69 Å². The maximum Gasteiger partial charge on any atom is 0.272 e. The number of H-pyrrole nitrogens is 1. The highest BCUT2D eigenvalue weighted by Gasteiger charge is 2.15. The quantitative estimate of drug-likeness (QED) is 0.685. The van der Waals surface area contributed by atoms with Gasteiger partial charge in [0.15, 0.2) is 5.69 Å². The van der Waals surface area contributed by atoms with E-state index in [1.54, 1.807) is 0 Å². The second-order valence-corrected chi connectivity index (χ2v) is 6.12. The number of anilines is 1. The molecule has 6 heteroatoms. The molecule has 0 atom stereocenters. The number of nitrogens with zero attached hydrogens (tertiary/aromatic N) is 1. The molecule has 0 bridgehead atoms. The number of aromatic nitrogens is 2. The average Bonchev–Trinajstić information content (AvgIpc) is 2.99. The largest absolute Gasteiger partial charge is 0.342 e. The summed E-state index contributed by atoms with van der Waals surface area (Å²) in [4.78, 5) is 24.5. The molecule has 0 saturated carbocycles. The number of rotatable bonds is 4. The molecular formula is C19H20N4O2. The van der Waals surface area contributed by atoms with E-state index in [-0.39, 0.29) is 18.4 Å². The smallest absolute Gasteiger partial charge is 0.272 e. The molecule has 0 unspecified atom stereocenters. The number of benzene rings is 2. The standard InChI is InChI=1S/C19H20N4O2/c1-11-7-8-15-14(9-11)18(23-22-15)19(25)20-10-16(24)21-17-12(2)5-4-6-13(17)3/h4-9H,10H2,1-3H3,(H,20,25)(H,21,24)(H,22,23). The molecule has 0 radical (unpaired) electrons. The van der Waals surface area contributed by atoms with Gasteiger partial charge in [-0.3, -0.25) is 14.7 Å². The van der Waals surface area contributed by atoms with Crippen LogP contribution in [0.3, 0.4) is 0 Å². The Kier molecular flexibility index (Phi) is 4.52. The highest BCUT2D eigenvalue weighted by atomic mass is 16.2. The molecule has 3 aromatic rings. The van der Waals surface area contributed by atoms with Gasteiger partial charge in [0.2, 0.25) is 5.91 Å². The van der Waals surface area contributed by atoms with Crippen LogP contribution in [0.2, 0.25) is 0 Å². The van der Waals surface area contributed by atoms with Crippen LogP contribution in [0.5, 0.6) is 0 Å². The third kappa shape index (κ3) is 3.52. The first-order valence-electron chi connectivity index (χ1n) is 8.04. The number of carbonyl (C=O) groups excluding carboxylic acids is 2. The topological polar surface area (TPSA) is 86.9 Å². The fourth-order valence-electron chi connectivity index (χ4n) is 2.74. The molecule has 2 amide bonds. The Labute approximate surface area is 145 Å². The molecule has 1 aromatic heterocycles. The normalized spacial score (nSPS) is 10.7. The number of aryl methyl sites for hydroxylation is 3. The van der Waals surface area contributed by atoms with Gasteiger partial charge in [-0.25, -0.2) is 0 Å². The van der Waals surface area contributed by atoms with Crippen LogP contribution in [-0.4, -0.2) is 28.6 Å². The summed E-state index contributed by atoms with van der Waals surface area (Å²) >= 11 is 0. The molecule has 2 aromatic carbocycles. The highest BCUT2D eigenvalue weighted by Crippen LogP contribution is 2.19. The lowest BCUT2D eigenvalue weighted by Crippen LogP contribution is -2.33. The Morgan fingerprint density at radius 2 is 1.80 bits per heavy atom. The number of para-hydroxylation sites is 1. The van der Waals surface area contributed by atoms with Crippen molar-refractivity contribution >= 4 is 28.4 Å². The third-order valence-corrected chi connectivity index (χ3v) is 4.09. The molecule has 0 fully saturated rings. The van der Waals surface area contributed by atoms with Crippen molar-refractivity contribution < 1.29 is 9.59 Å². The summed E-state index contributed by atoms with van der Waals surface area (Å²) in [5, 5.41) is 13.1. The lowest BCUT2D eigenvalue weighted by Gasteiger charge is -2.11. The maximum atomic E-state index is 12.3. The first-order chi connectivity index (χ1) is 12.0. The van der Waals surface area contributed by atoms with Gasteiger partial charge < -0.3 is 10.6 Å². The Morgan fingerprint density at radius 1 is 1.08 bits per heavy atom. The van der Waals surface area contributed by atoms with Crippen molar-refractivity contribution in [2.45, 2.75) is 20.8 Å². The fraction of sp³-hybridized carbons (Fsp3) is 0.211. The molecule has 0 aliphatic rings. The summed E-state index contributed by atoms with van der Waals surface area (Å²) < 4.78 is 0. The number of aromatic amines is 1. The molecule has 0 aliphatic heterocycles. The van der Waals surface area contributed by atoms with Gasteiger partial charge in [-0.15, -0.1) is 0 Å². The van der Waals surface area contributed by atoms with Gasteiger partial charge in [0.1, 0.15) is 0 Å². The summed E-state index contributed by atoms with van der Waals surface area (Å²) in [7, 11) is 0. The Balaban J connectivity index is 1.67. The zero-order chi connectivity index (χ0) is 18.0. The van der Waals surface area contributed by atoms with Gasteiger partial charge >= 0.3 is 0 Å². The second kappa shape index (κ2) is 6.76. The van der Waals surface area contributed by atoms with E-state index < -0.39 is 0 Å². The monoisotopic (exact) mass is 336 g/mol. The Bertz CT molecular complexity index is 939. The van der Waals surface area contributed by atoms with Crippen molar-refractivity contribution in [3.05, 3.63) is 58.8 Å². The van der Waals surface area contributed by atoms with Crippen molar-refractivity contribution in [1.29, 1.82) is 0 Å². The SMILES string of the molecule is Cc1ccc2[nH]nc(C(=O)NCC(=O)Nc3c(C)cccc3C)c2c1. The average molecular weight is 336 g/mol. The number of hydrogen-bond acceptors (Lipinski definition) is 3. The summed E-state index contributed by atoms with van der Waals surface area (Å²) in [6.07, 6.45) is 0. The van der Waals surface area contributed by atoms with Gasteiger partial charge in [-0.05, 0) is 44.0 Å².